The van der Waals surface area contributed by atoms with E-state index in [9.17, 15) is 9.59 Å². The number of carbonyl (C=O) groups is 2. The van der Waals surface area contributed by atoms with Crippen LogP contribution in [0.2, 0.25) is 0 Å². The number of ether oxygens (including phenoxy) is 1. The molecule has 1 aromatic rings. The van der Waals surface area contributed by atoms with Gasteiger partial charge >= 0.3 is 0 Å². The molecule has 6 heteroatoms. The molecule has 1 amide bonds. The molecule has 19 heavy (non-hydrogen) atoms. The summed E-state index contributed by atoms with van der Waals surface area (Å²) in [5, 5.41) is 2.71. The predicted octanol–water partition coefficient (Wildman–Crippen LogP) is 1.61. The van der Waals surface area contributed by atoms with Gasteiger partial charge in [0.1, 0.15) is 0 Å². The SMILES string of the molecule is COC(CN)CC(=O)Nc1cccc(C(C)=O)c1.Cl. The lowest BCUT2D eigenvalue weighted by atomic mass is 10.1. The number of halogens is 1. The van der Waals surface area contributed by atoms with Crippen molar-refractivity contribution in [3.05, 3.63) is 29.8 Å². The minimum Gasteiger partial charge on any atom is -0.380 e. The van der Waals surface area contributed by atoms with Crippen molar-refractivity contribution in [3.8, 4) is 0 Å². The largest absolute Gasteiger partial charge is 0.380 e. The van der Waals surface area contributed by atoms with Crippen LogP contribution in [0.15, 0.2) is 24.3 Å². The summed E-state index contributed by atoms with van der Waals surface area (Å²) >= 11 is 0. The highest BCUT2D eigenvalue weighted by atomic mass is 35.5. The van der Waals surface area contributed by atoms with Crippen LogP contribution >= 0.6 is 12.4 Å². The average molecular weight is 287 g/mol. The van der Waals surface area contributed by atoms with Gasteiger partial charge in [0.25, 0.3) is 0 Å². The molecule has 0 bridgehead atoms. The van der Waals surface area contributed by atoms with E-state index in [1.54, 1.807) is 24.3 Å². The molecule has 106 valence electrons. The maximum absolute atomic E-state index is 11.7. The van der Waals surface area contributed by atoms with Crippen LogP contribution in [-0.2, 0) is 9.53 Å². The second kappa shape index (κ2) is 8.63. The summed E-state index contributed by atoms with van der Waals surface area (Å²) in [4.78, 5) is 22.9. The summed E-state index contributed by atoms with van der Waals surface area (Å²) in [6.07, 6.45) is -0.0990. The van der Waals surface area contributed by atoms with Crippen LogP contribution in [0.4, 0.5) is 5.69 Å². The number of amides is 1. The molecule has 0 heterocycles. The van der Waals surface area contributed by atoms with Crippen LogP contribution < -0.4 is 11.1 Å². The molecule has 0 aliphatic heterocycles. The molecule has 1 unspecified atom stereocenters. The van der Waals surface area contributed by atoms with Crippen molar-refractivity contribution < 1.29 is 14.3 Å². The smallest absolute Gasteiger partial charge is 0.227 e. The maximum Gasteiger partial charge on any atom is 0.227 e. The second-order valence-electron chi connectivity index (χ2n) is 3.98. The second-order valence-corrected chi connectivity index (χ2v) is 3.98. The Morgan fingerprint density at radius 2 is 2.11 bits per heavy atom. The van der Waals surface area contributed by atoms with E-state index in [4.69, 9.17) is 10.5 Å². The first kappa shape index (κ1) is 17.6. The van der Waals surface area contributed by atoms with Gasteiger partial charge in [-0.1, -0.05) is 12.1 Å². The average Bonchev–Trinajstić information content (AvgIpc) is 2.36. The number of benzene rings is 1. The molecule has 0 aliphatic rings. The van der Waals surface area contributed by atoms with Crippen molar-refractivity contribution in [2.75, 3.05) is 19.0 Å². The lowest BCUT2D eigenvalue weighted by molar-refractivity contribution is -0.118. The molecular formula is C13H19ClN2O3. The van der Waals surface area contributed by atoms with Gasteiger partial charge in [-0.15, -0.1) is 12.4 Å². The first-order valence-electron chi connectivity index (χ1n) is 5.70. The van der Waals surface area contributed by atoms with Gasteiger partial charge in [0.05, 0.1) is 12.5 Å². The number of hydrogen-bond acceptors (Lipinski definition) is 4. The Hall–Kier alpha value is -1.43. The Bertz CT molecular complexity index is 434. The summed E-state index contributed by atoms with van der Waals surface area (Å²) in [5.41, 5.74) is 6.60. The molecule has 0 aromatic heterocycles. The Morgan fingerprint density at radius 1 is 1.42 bits per heavy atom. The van der Waals surface area contributed by atoms with Gasteiger partial charge in [0.15, 0.2) is 5.78 Å². The zero-order chi connectivity index (χ0) is 13.5. The molecule has 0 radical (unpaired) electrons. The zero-order valence-corrected chi connectivity index (χ0v) is 11.8. The minimum absolute atomic E-state index is 0. The number of nitrogens with one attached hydrogen (secondary N) is 1. The maximum atomic E-state index is 11.7. The van der Waals surface area contributed by atoms with Crippen LogP contribution in [0.3, 0.4) is 0 Å². The van der Waals surface area contributed by atoms with Gasteiger partial charge in [-0.05, 0) is 19.1 Å². The Labute approximate surface area is 118 Å². The third-order valence-corrected chi connectivity index (χ3v) is 2.56. The van der Waals surface area contributed by atoms with Crippen molar-refractivity contribution in [1.29, 1.82) is 0 Å². The first-order chi connectivity index (χ1) is 8.56. The molecule has 1 rings (SSSR count). The standard InChI is InChI=1S/C13H18N2O3.ClH/c1-9(16)10-4-3-5-11(6-10)15-13(17)7-12(8-14)18-2;/h3-6,12H,7-8,14H2,1-2H3,(H,15,17);1H. The molecule has 0 saturated carbocycles. The number of hydrogen-bond donors (Lipinski definition) is 2. The van der Waals surface area contributed by atoms with Gasteiger partial charge in [-0.2, -0.15) is 0 Å². The van der Waals surface area contributed by atoms with E-state index in [1.807, 2.05) is 0 Å². The Balaban J connectivity index is 0.00000324. The fourth-order valence-corrected chi connectivity index (χ4v) is 1.50. The van der Waals surface area contributed by atoms with E-state index in [-0.39, 0.29) is 43.2 Å². The van der Waals surface area contributed by atoms with Gasteiger partial charge < -0.3 is 15.8 Å². The molecule has 1 atom stereocenters. The number of Topliss-reactive ketones (excluding diaryl/α,β-unsaturated/α-hetero) is 1. The number of ketones is 1. The van der Waals surface area contributed by atoms with Crippen LogP contribution in [-0.4, -0.2) is 31.4 Å². The number of anilines is 1. The molecule has 0 saturated heterocycles. The van der Waals surface area contributed by atoms with Gasteiger partial charge in [-0.25, -0.2) is 0 Å². The van der Waals surface area contributed by atoms with Gasteiger partial charge in [0.2, 0.25) is 5.91 Å². The van der Waals surface area contributed by atoms with E-state index in [0.717, 1.165) is 0 Å². The first-order valence-corrected chi connectivity index (χ1v) is 5.70. The summed E-state index contributed by atoms with van der Waals surface area (Å²) < 4.78 is 5.03. The summed E-state index contributed by atoms with van der Waals surface area (Å²) in [6, 6.07) is 6.80. The quantitative estimate of drug-likeness (QED) is 0.779. The van der Waals surface area contributed by atoms with E-state index in [2.05, 4.69) is 5.32 Å². The fraction of sp³-hybridized carbons (Fsp3) is 0.385. The number of carbonyl (C=O) groups excluding carboxylic acids is 2. The van der Waals surface area contributed by atoms with E-state index in [1.165, 1.54) is 14.0 Å². The topological polar surface area (TPSA) is 81.4 Å². The lowest BCUT2D eigenvalue weighted by Gasteiger charge is -2.12. The number of methoxy groups -OCH3 is 1. The van der Waals surface area contributed by atoms with Crippen molar-refractivity contribution in [2.45, 2.75) is 19.4 Å². The summed E-state index contributed by atoms with van der Waals surface area (Å²) in [7, 11) is 1.52. The van der Waals surface area contributed by atoms with Crippen molar-refractivity contribution in [2.24, 2.45) is 5.73 Å². The summed E-state index contributed by atoms with van der Waals surface area (Å²) in [6.45, 7) is 1.77. The van der Waals surface area contributed by atoms with Crippen LogP contribution in [0.1, 0.15) is 23.7 Å². The predicted molar refractivity (Wildman–Crippen MR) is 76.8 cm³/mol. The van der Waals surface area contributed by atoms with Crippen molar-refractivity contribution in [3.63, 3.8) is 0 Å². The number of nitrogens with two attached hydrogens (primary N) is 1. The fourth-order valence-electron chi connectivity index (χ4n) is 1.50. The molecule has 0 fully saturated rings. The highest BCUT2D eigenvalue weighted by Gasteiger charge is 2.11. The van der Waals surface area contributed by atoms with E-state index < -0.39 is 0 Å². The molecule has 0 aliphatic carbocycles. The molecule has 0 spiro atoms. The molecular weight excluding hydrogens is 268 g/mol. The van der Waals surface area contributed by atoms with Crippen molar-refractivity contribution >= 4 is 29.8 Å². The molecule has 1 aromatic carbocycles. The third-order valence-electron chi connectivity index (χ3n) is 2.56. The highest BCUT2D eigenvalue weighted by Crippen LogP contribution is 2.12. The van der Waals surface area contributed by atoms with Crippen LogP contribution in [0, 0.1) is 0 Å². The van der Waals surface area contributed by atoms with Gasteiger partial charge in [-0.3, -0.25) is 9.59 Å². The van der Waals surface area contributed by atoms with Crippen LogP contribution in [0.25, 0.3) is 0 Å². The zero-order valence-electron chi connectivity index (χ0n) is 11.0. The molecule has 3 N–H and O–H groups in total. The Morgan fingerprint density at radius 3 is 2.63 bits per heavy atom. The Kier molecular flexibility index (Phi) is 7.98. The van der Waals surface area contributed by atoms with E-state index in [0.29, 0.717) is 11.3 Å². The van der Waals surface area contributed by atoms with Crippen LogP contribution in [0.5, 0.6) is 0 Å². The summed E-state index contributed by atoms with van der Waals surface area (Å²) in [5.74, 6) is -0.226. The van der Waals surface area contributed by atoms with Crippen molar-refractivity contribution in [1.82, 2.24) is 0 Å². The molecule has 5 nitrogen and oxygen atoms in total. The number of rotatable bonds is 6. The van der Waals surface area contributed by atoms with E-state index >= 15 is 0 Å². The van der Waals surface area contributed by atoms with Gasteiger partial charge in [0, 0.05) is 24.9 Å². The normalized spacial score (nSPS) is 11.3. The third kappa shape index (κ3) is 5.83. The lowest BCUT2D eigenvalue weighted by Crippen LogP contribution is -2.28. The minimum atomic E-state index is -0.291. The monoisotopic (exact) mass is 286 g/mol. The highest BCUT2D eigenvalue weighted by molar-refractivity contribution is 5.97.